The predicted molar refractivity (Wildman–Crippen MR) is 95.9 cm³/mol. The summed E-state index contributed by atoms with van der Waals surface area (Å²) in [6.07, 6.45) is -3.91. The standard InChI is InChI=1S/C20H17F3N2O3/c1-26-18-12-15(24-19(25-18)27-2)10-13-6-8-16(9-7-13)28-17-5-3-4-14(11-17)20(21,22)23/h3-9,11-12H,10H2,1-2H3. The van der Waals surface area contributed by atoms with Gasteiger partial charge in [0.15, 0.2) is 0 Å². The Morgan fingerprint density at radius 1 is 0.857 bits per heavy atom. The van der Waals surface area contributed by atoms with Gasteiger partial charge in [-0.2, -0.15) is 23.1 Å². The number of nitrogens with zero attached hydrogens (tertiary/aromatic N) is 2. The van der Waals surface area contributed by atoms with Crippen molar-refractivity contribution in [1.29, 1.82) is 0 Å². The van der Waals surface area contributed by atoms with E-state index < -0.39 is 11.7 Å². The van der Waals surface area contributed by atoms with Crippen molar-refractivity contribution in [3.63, 3.8) is 0 Å². The molecule has 2 aromatic carbocycles. The summed E-state index contributed by atoms with van der Waals surface area (Å²) in [6.45, 7) is 0. The van der Waals surface area contributed by atoms with Crippen LogP contribution in [0.3, 0.4) is 0 Å². The van der Waals surface area contributed by atoms with Gasteiger partial charge in [-0.25, -0.2) is 0 Å². The molecule has 1 aromatic heterocycles. The molecule has 28 heavy (non-hydrogen) atoms. The SMILES string of the molecule is COc1cc(Cc2ccc(Oc3cccc(C(F)(F)F)c3)cc2)nc(OC)n1. The molecule has 3 rings (SSSR count). The van der Waals surface area contributed by atoms with E-state index in [9.17, 15) is 13.2 Å². The van der Waals surface area contributed by atoms with Crippen molar-refractivity contribution < 1.29 is 27.4 Å². The van der Waals surface area contributed by atoms with Crippen LogP contribution in [0.25, 0.3) is 0 Å². The number of halogens is 3. The first-order chi connectivity index (χ1) is 13.4. The average Bonchev–Trinajstić information content (AvgIpc) is 2.68. The fraction of sp³-hybridized carbons (Fsp3) is 0.200. The number of aromatic nitrogens is 2. The summed E-state index contributed by atoms with van der Waals surface area (Å²) in [7, 11) is 2.98. The fourth-order valence-corrected chi connectivity index (χ4v) is 2.49. The van der Waals surface area contributed by atoms with Gasteiger partial charge in [0.2, 0.25) is 5.88 Å². The Labute approximate surface area is 159 Å². The van der Waals surface area contributed by atoms with E-state index in [-0.39, 0.29) is 11.8 Å². The molecule has 0 N–H and O–H groups in total. The lowest BCUT2D eigenvalue weighted by Crippen LogP contribution is -2.04. The van der Waals surface area contributed by atoms with Crippen molar-refractivity contribution in [3.8, 4) is 23.4 Å². The monoisotopic (exact) mass is 390 g/mol. The van der Waals surface area contributed by atoms with E-state index in [0.717, 1.165) is 17.7 Å². The van der Waals surface area contributed by atoms with Crippen LogP contribution in [0.15, 0.2) is 54.6 Å². The first kappa shape index (κ1) is 19.5. The van der Waals surface area contributed by atoms with Gasteiger partial charge in [-0.15, -0.1) is 0 Å². The molecule has 0 unspecified atom stereocenters. The smallest absolute Gasteiger partial charge is 0.416 e. The number of rotatable bonds is 6. The zero-order chi connectivity index (χ0) is 20.1. The molecule has 5 nitrogen and oxygen atoms in total. The summed E-state index contributed by atoms with van der Waals surface area (Å²) in [5.41, 5.74) is 0.878. The zero-order valence-electron chi connectivity index (χ0n) is 15.2. The number of hydrogen-bond acceptors (Lipinski definition) is 5. The Morgan fingerprint density at radius 2 is 1.61 bits per heavy atom. The van der Waals surface area contributed by atoms with E-state index in [4.69, 9.17) is 14.2 Å². The van der Waals surface area contributed by atoms with Crippen molar-refractivity contribution in [3.05, 3.63) is 71.4 Å². The highest BCUT2D eigenvalue weighted by atomic mass is 19.4. The van der Waals surface area contributed by atoms with Crippen LogP contribution in [-0.4, -0.2) is 24.2 Å². The summed E-state index contributed by atoms with van der Waals surface area (Å²) in [5, 5.41) is 0. The van der Waals surface area contributed by atoms with Crippen molar-refractivity contribution in [1.82, 2.24) is 9.97 Å². The third-order valence-electron chi connectivity index (χ3n) is 3.83. The molecule has 8 heteroatoms. The van der Waals surface area contributed by atoms with Crippen molar-refractivity contribution in [2.24, 2.45) is 0 Å². The van der Waals surface area contributed by atoms with Crippen LogP contribution in [-0.2, 0) is 12.6 Å². The number of alkyl halides is 3. The van der Waals surface area contributed by atoms with Crippen LogP contribution in [0.5, 0.6) is 23.4 Å². The van der Waals surface area contributed by atoms with Crippen molar-refractivity contribution in [2.75, 3.05) is 14.2 Å². The minimum absolute atomic E-state index is 0.118. The maximum atomic E-state index is 12.8. The quantitative estimate of drug-likeness (QED) is 0.600. The third kappa shape index (κ3) is 4.91. The van der Waals surface area contributed by atoms with E-state index in [0.29, 0.717) is 23.7 Å². The maximum Gasteiger partial charge on any atom is 0.416 e. The summed E-state index contributed by atoms with van der Waals surface area (Å²) in [6, 6.07) is 13.7. The van der Waals surface area contributed by atoms with Gasteiger partial charge in [0.25, 0.3) is 0 Å². The largest absolute Gasteiger partial charge is 0.481 e. The van der Waals surface area contributed by atoms with Gasteiger partial charge in [-0.05, 0) is 35.9 Å². The highest BCUT2D eigenvalue weighted by Crippen LogP contribution is 2.32. The second-order valence-corrected chi connectivity index (χ2v) is 5.84. The molecule has 0 aliphatic heterocycles. The molecular weight excluding hydrogens is 373 g/mol. The normalized spacial score (nSPS) is 11.2. The molecule has 0 aliphatic carbocycles. The number of ether oxygens (including phenoxy) is 3. The molecule has 3 aromatic rings. The van der Waals surface area contributed by atoms with Crippen LogP contribution in [0, 0.1) is 0 Å². The molecule has 0 aliphatic rings. The molecule has 0 radical (unpaired) electrons. The lowest BCUT2D eigenvalue weighted by Gasteiger charge is -2.10. The minimum Gasteiger partial charge on any atom is -0.481 e. The van der Waals surface area contributed by atoms with Gasteiger partial charge in [0, 0.05) is 12.5 Å². The van der Waals surface area contributed by atoms with Crippen molar-refractivity contribution >= 4 is 0 Å². The van der Waals surface area contributed by atoms with Gasteiger partial charge in [0.1, 0.15) is 11.5 Å². The third-order valence-corrected chi connectivity index (χ3v) is 3.83. The molecule has 0 amide bonds. The van der Waals surface area contributed by atoms with Gasteiger partial charge < -0.3 is 14.2 Å². The van der Waals surface area contributed by atoms with Crippen LogP contribution in [0.1, 0.15) is 16.8 Å². The van der Waals surface area contributed by atoms with Crippen LogP contribution in [0.4, 0.5) is 13.2 Å². The second-order valence-electron chi connectivity index (χ2n) is 5.84. The molecule has 0 saturated heterocycles. The number of hydrogen-bond donors (Lipinski definition) is 0. The molecule has 0 bridgehead atoms. The molecule has 0 fully saturated rings. The molecule has 146 valence electrons. The Balaban J connectivity index is 1.72. The lowest BCUT2D eigenvalue weighted by molar-refractivity contribution is -0.137. The fourth-order valence-electron chi connectivity index (χ4n) is 2.49. The van der Waals surface area contributed by atoms with Gasteiger partial charge in [0.05, 0.1) is 25.5 Å². The Morgan fingerprint density at radius 3 is 2.25 bits per heavy atom. The van der Waals surface area contributed by atoms with E-state index in [1.807, 2.05) is 12.1 Å². The highest BCUT2D eigenvalue weighted by molar-refractivity contribution is 5.37. The summed E-state index contributed by atoms with van der Waals surface area (Å²) in [5.74, 6) is 0.945. The number of benzene rings is 2. The molecule has 1 heterocycles. The van der Waals surface area contributed by atoms with E-state index in [1.165, 1.54) is 26.4 Å². The van der Waals surface area contributed by atoms with Crippen molar-refractivity contribution in [2.45, 2.75) is 12.6 Å². The van der Waals surface area contributed by atoms with E-state index in [2.05, 4.69) is 9.97 Å². The average molecular weight is 390 g/mol. The van der Waals surface area contributed by atoms with Crippen LogP contribution >= 0.6 is 0 Å². The van der Waals surface area contributed by atoms with Crippen LogP contribution < -0.4 is 14.2 Å². The molecule has 0 atom stereocenters. The highest BCUT2D eigenvalue weighted by Gasteiger charge is 2.30. The molecule has 0 spiro atoms. The van der Waals surface area contributed by atoms with Crippen LogP contribution in [0.2, 0.25) is 0 Å². The van der Waals surface area contributed by atoms with Gasteiger partial charge in [-0.3, -0.25) is 0 Å². The van der Waals surface area contributed by atoms with Gasteiger partial charge in [-0.1, -0.05) is 18.2 Å². The number of methoxy groups -OCH3 is 2. The maximum absolute atomic E-state index is 12.8. The Bertz CT molecular complexity index is 922. The second kappa shape index (κ2) is 8.16. The minimum atomic E-state index is -4.41. The summed E-state index contributed by atoms with van der Waals surface area (Å²) >= 11 is 0. The predicted octanol–water partition coefficient (Wildman–Crippen LogP) is 4.90. The first-order valence-electron chi connectivity index (χ1n) is 8.27. The summed E-state index contributed by atoms with van der Waals surface area (Å²) in [4.78, 5) is 8.31. The first-order valence-corrected chi connectivity index (χ1v) is 8.27. The molecular formula is C20H17F3N2O3. The lowest BCUT2D eigenvalue weighted by atomic mass is 10.1. The molecule has 0 saturated carbocycles. The Kier molecular flexibility index (Phi) is 5.67. The topological polar surface area (TPSA) is 53.5 Å². The zero-order valence-corrected chi connectivity index (χ0v) is 15.2. The van der Waals surface area contributed by atoms with E-state index in [1.54, 1.807) is 18.2 Å². The Hall–Kier alpha value is -3.29. The van der Waals surface area contributed by atoms with E-state index >= 15 is 0 Å². The summed E-state index contributed by atoms with van der Waals surface area (Å²) < 4.78 is 54.1. The van der Waals surface area contributed by atoms with Gasteiger partial charge >= 0.3 is 12.2 Å².